The number of tetrazole rings is 1. The average Bonchev–Trinajstić information content (AvgIpc) is 2.79. The van der Waals surface area contributed by atoms with Gasteiger partial charge in [-0.2, -0.15) is 0 Å². The van der Waals surface area contributed by atoms with Crippen LogP contribution in [0.15, 0.2) is 22.7 Å². The standard InChI is InChI=1S/C8H7ClN6O2S/c1-17-6(16)4-15-8(12-13-14-15)18-7-10-2-5(9)3-11-7/h2-3H,4H2,1H3. The first kappa shape index (κ1) is 12.7. The van der Waals surface area contributed by atoms with Crippen molar-refractivity contribution in [1.29, 1.82) is 0 Å². The number of halogens is 1. The molecule has 0 radical (unpaired) electrons. The molecule has 10 heteroatoms. The minimum Gasteiger partial charge on any atom is -0.468 e. The zero-order chi connectivity index (χ0) is 13.0. The highest BCUT2D eigenvalue weighted by molar-refractivity contribution is 7.99. The van der Waals surface area contributed by atoms with Crippen LogP contribution in [0.3, 0.4) is 0 Å². The summed E-state index contributed by atoms with van der Waals surface area (Å²) in [5.41, 5.74) is 0. The predicted octanol–water partition coefficient (Wildman–Crippen LogP) is 0.441. The summed E-state index contributed by atoms with van der Waals surface area (Å²) in [6.07, 6.45) is 2.93. The largest absolute Gasteiger partial charge is 0.468 e. The zero-order valence-corrected chi connectivity index (χ0v) is 10.7. The number of hydrogen-bond donors (Lipinski definition) is 0. The van der Waals surface area contributed by atoms with E-state index in [0.717, 1.165) is 11.8 Å². The lowest BCUT2D eigenvalue weighted by Gasteiger charge is -2.01. The van der Waals surface area contributed by atoms with Gasteiger partial charge in [0, 0.05) is 0 Å². The molecule has 0 bridgehead atoms. The van der Waals surface area contributed by atoms with Gasteiger partial charge in [-0.15, -0.1) is 5.10 Å². The molecular formula is C8H7ClN6O2S. The Morgan fingerprint density at radius 1 is 1.50 bits per heavy atom. The van der Waals surface area contributed by atoms with Gasteiger partial charge in [0.2, 0.25) is 5.16 Å². The Balaban J connectivity index is 2.12. The number of nitrogens with zero attached hydrogens (tertiary/aromatic N) is 6. The van der Waals surface area contributed by atoms with E-state index in [9.17, 15) is 4.79 Å². The van der Waals surface area contributed by atoms with Gasteiger partial charge in [0.05, 0.1) is 24.5 Å². The summed E-state index contributed by atoms with van der Waals surface area (Å²) in [7, 11) is 1.29. The van der Waals surface area contributed by atoms with Crippen molar-refractivity contribution < 1.29 is 9.53 Å². The molecule has 18 heavy (non-hydrogen) atoms. The molecule has 0 saturated heterocycles. The number of methoxy groups -OCH3 is 1. The van der Waals surface area contributed by atoms with E-state index in [0.29, 0.717) is 15.3 Å². The van der Waals surface area contributed by atoms with E-state index in [4.69, 9.17) is 11.6 Å². The van der Waals surface area contributed by atoms with Crippen molar-refractivity contribution in [2.45, 2.75) is 16.9 Å². The van der Waals surface area contributed by atoms with Crippen molar-refractivity contribution in [3.8, 4) is 0 Å². The Bertz CT molecular complexity index is 545. The molecule has 94 valence electrons. The lowest BCUT2D eigenvalue weighted by molar-refractivity contribution is -0.141. The molecule has 0 N–H and O–H groups in total. The van der Waals surface area contributed by atoms with Crippen LogP contribution in [0.4, 0.5) is 0 Å². The second-order valence-electron chi connectivity index (χ2n) is 2.98. The van der Waals surface area contributed by atoms with Gasteiger partial charge < -0.3 is 4.74 Å². The van der Waals surface area contributed by atoms with Crippen LogP contribution >= 0.6 is 23.4 Å². The van der Waals surface area contributed by atoms with Crippen molar-refractivity contribution in [3.63, 3.8) is 0 Å². The summed E-state index contributed by atoms with van der Waals surface area (Å²) in [5, 5.41) is 12.2. The van der Waals surface area contributed by atoms with Crippen LogP contribution in [0.1, 0.15) is 0 Å². The summed E-state index contributed by atoms with van der Waals surface area (Å²) in [5.74, 6) is -0.443. The van der Waals surface area contributed by atoms with E-state index in [2.05, 4.69) is 30.2 Å². The van der Waals surface area contributed by atoms with Crippen molar-refractivity contribution in [3.05, 3.63) is 17.4 Å². The van der Waals surface area contributed by atoms with Crippen LogP contribution in [0.5, 0.6) is 0 Å². The fraction of sp³-hybridized carbons (Fsp3) is 0.250. The van der Waals surface area contributed by atoms with E-state index in [1.54, 1.807) is 0 Å². The van der Waals surface area contributed by atoms with Gasteiger partial charge in [-0.25, -0.2) is 14.6 Å². The smallest absolute Gasteiger partial charge is 0.327 e. The fourth-order valence-corrected chi connectivity index (χ4v) is 1.75. The second-order valence-corrected chi connectivity index (χ2v) is 4.35. The zero-order valence-electron chi connectivity index (χ0n) is 9.15. The number of esters is 1. The number of carbonyl (C=O) groups is 1. The molecule has 0 aliphatic carbocycles. The van der Waals surface area contributed by atoms with E-state index in [1.807, 2.05) is 0 Å². The molecule has 8 nitrogen and oxygen atoms in total. The quantitative estimate of drug-likeness (QED) is 0.590. The van der Waals surface area contributed by atoms with Crippen molar-refractivity contribution in [2.24, 2.45) is 0 Å². The van der Waals surface area contributed by atoms with Crippen LogP contribution in [-0.2, 0) is 16.1 Å². The summed E-state index contributed by atoms with van der Waals surface area (Å²) in [6.45, 7) is -0.0700. The summed E-state index contributed by atoms with van der Waals surface area (Å²) in [6, 6.07) is 0. The minimum absolute atomic E-state index is 0.0700. The van der Waals surface area contributed by atoms with E-state index < -0.39 is 5.97 Å². The molecular weight excluding hydrogens is 280 g/mol. The average molecular weight is 287 g/mol. The van der Waals surface area contributed by atoms with E-state index >= 15 is 0 Å². The van der Waals surface area contributed by atoms with Gasteiger partial charge in [-0.1, -0.05) is 11.6 Å². The monoisotopic (exact) mass is 286 g/mol. The molecule has 0 atom stereocenters. The Labute approximate surface area is 111 Å². The SMILES string of the molecule is COC(=O)Cn1nnnc1Sc1ncc(Cl)cn1. The lowest BCUT2D eigenvalue weighted by atomic mass is 10.7. The first-order valence-electron chi connectivity index (χ1n) is 4.67. The summed E-state index contributed by atoms with van der Waals surface area (Å²) in [4.78, 5) is 19.1. The molecule has 0 aliphatic rings. The summed E-state index contributed by atoms with van der Waals surface area (Å²) < 4.78 is 5.83. The van der Waals surface area contributed by atoms with Crippen LogP contribution in [0.2, 0.25) is 5.02 Å². The van der Waals surface area contributed by atoms with Gasteiger partial charge >= 0.3 is 5.97 Å². The lowest BCUT2D eigenvalue weighted by Crippen LogP contribution is -2.13. The highest BCUT2D eigenvalue weighted by atomic mass is 35.5. The third-order valence-electron chi connectivity index (χ3n) is 1.78. The Morgan fingerprint density at radius 2 is 2.22 bits per heavy atom. The number of aromatic nitrogens is 6. The van der Waals surface area contributed by atoms with Crippen LogP contribution in [0.25, 0.3) is 0 Å². The third-order valence-corrected chi connectivity index (χ3v) is 2.85. The van der Waals surface area contributed by atoms with E-state index in [-0.39, 0.29) is 6.54 Å². The molecule has 0 fully saturated rings. The van der Waals surface area contributed by atoms with E-state index in [1.165, 1.54) is 24.2 Å². The molecule has 0 unspecified atom stereocenters. The second kappa shape index (κ2) is 5.74. The van der Waals surface area contributed by atoms with Gasteiger partial charge in [0.15, 0.2) is 5.16 Å². The molecule has 0 saturated carbocycles. The predicted molar refractivity (Wildman–Crippen MR) is 61.0 cm³/mol. The minimum atomic E-state index is -0.443. The van der Waals surface area contributed by atoms with Crippen LogP contribution in [0, 0.1) is 0 Å². The first-order valence-corrected chi connectivity index (χ1v) is 5.87. The fourth-order valence-electron chi connectivity index (χ4n) is 0.990. The number of carbonyl (C=O) groups excluding carboxylic acids is 1. The maximum absolute atomic E-state index is 11.1. The van der Waals surface area contributed by atoms with Crippen molar-refractivity contribution in [2.75, 3.05) is 7.11 Å². The molecule has 2 rings (SSSR count). The molecule has 2 heterocycles. The molecule has 0 aromatic carbocycles. The van der Waals surface area contributed by atoms with Gasteiger partial charge in [-0.05, 0) is 22.2 Å². The highest BCUT2D eigenvalue weighted by Gasteiger charge is 2.13. The summed E-state index contributed by atoms with van der Waals surface area (Å²) >= 11 is 6.79. The molecule has 2 aromatic rings. The maximum atomic E-state index is 11.1. The van der Waals surface area contributed by atoms with Crippen LogP contribution in [-0.4, -0.2) is 43.3 Å². The maximum Gasteiger partial charge on any atom is 0.327 e. The number of hydrogen-bond acceptors (Lipinski definition) is 8. The normalized spacial score (nSPS) is 10.3. The third kappa shape index (κ3) is 3.14. The van der Waals surface area contributed by atoms with Gasteiger partial charge in [0.1, 0.15) is 6.54 Å². The first-order chi connectivity index (χ1) is 8.69. The number of ether oxygens (including phenoxy) is 1. The van der Waals surface area contributed by atoms with Crippen LogP contribution < -0.4 is 0 Å². The Kier molecular flexibility index (Phi) is 4.05. The highest BCUT2D eigenvalue weighted by Crippen LogP contribution is 2.21. The van der Waals surface area contributed by atoms with Gasteiger partial charge in [-0.3, -0.25) is 4.79 Å². The molecule has 0 aliphatic heterocycles. The Morgan fingerprint density at radius 3 is 2.89 bits per heavy atom. The van der Waals surface area contributed by atoms with Gasteiger partial charge in [0.25, 0.3) is 0 Å². The van der Waals surface area contributed by atoms with Crippen molar-refractivity contribution in [1.82, 2.24) is 30.2 Å². The molecule has 0 amide bonds. The topological polar surface area (TPSA) is 95.7 Å². The number of rotatable bonds is 4. The Hall–Kier alpha value is -1.74. The molecule has 2 aromatic heterocycles. The van der Waals surface area contributed by atoms with Crippen molar-refractivity contribution >= 4 is 29.3 Å². The molecule has 0 spiro atoms.